The summed E-state index contributed by atoms with van der Waals surface area (Å²) in [5.74, 6) is -1.31. The monoisotopic (exact) mass is 237 g/mol. The molecule has 1 heterocycles. The van der Waals surface area contributed by atoms with Gasteiger partial charge in [-0.1, -0.05) is 0 Å². The Morgan fingerprint density at radius 2 is 2.29 bits per heavy atom. The maximum Gasteiger partial charge on any atom is 0.229 e. The first-order chi connectivity index (χ1) is 8.06. The van der Waals surface area contributed by atoms with Crippen LogP contribution in [-0.2, 0) is 9.59 Å². The first-order valence-corrected chi connectivity index (χ1v) is 5.19. The Morgan fingerprint density at radius 3 is 2.88 bits per heavy atom. The number of nitrogen functional groups attached to an aromatic ring is 1. The second-order valence-corrected chi connectivity index (χ2v) is 3.93. The van der Waals surface area contributed by atoms with Crippen LogP contribution < -0.4 is 16.4 Å². The van der Waals surface area contributed by atoms with Gasteiger partial charge in [0.2, 0.25) is 11.8 Å². The molecule has 90 valence electrons. The maximum absolute atomic E-state index is 12.9. The maximum atomic E-state index is 12.9. The van der Waals surface area contributed by atoms with Gasteiger partial charge in [0.1, 0.15) is 5.82 Å². The predicted molar refractivity (Wildman–Crippen MR) is 60.6 cm³/mol. The number of carbonyl (C=O) groups is 2. The Hall–Kier alpha value is -2.11. The third kappa shape index (κ3) is 2.52. The Balaban J connectivity index is 2.03. The summed E-state index contributed by atoms with van der Waals surface area (Å²) >= 11 is 0. The van der Waals surface area contributed by atoms with Crippen LogP contribution in [0.1, 0.15) is 6.42 Å². The van der Waals surface area contributed by atoms with Crippen LogP contribution in [0.3, 0.4) is 0 Å². The van der Waals surface area contributed by atoms with Crippen LogP contribution in [-0.4, -0.2) is 18.4 Å². The van der Waals surface area contributed by atoms with Gasteiger partial charge in [-0.25, -0.2) is 4.39 Å². The van der Waals surface area contributed by atoms with Gasteiger partial charge in [-0.15, -0.1) is 0 Å². The standard InChI is InChI=1S/C11H12FN3O2/c12-8-2-1-7(4-9(8)13)15-11(17)6-3-10(16)14-5-6/h1-2,4,6H,3,5,13H2,(H,14,16)(H,15,17). The third-order valence-corrected chi connectivity index (χ3v) is 2.61. The van der Waals surface area contributed by atoms with E-state index in [1.807, 2.05) is 0 Å². The second kappa shape index (κ2) is 4.40. The van der Waals surface area contributed by atoms with Crippen LogP contribution in [0.25, 0.3) is 0 Å². The molecule has 1 aromatic rings. The Labute approximate surface area is 97.2 Å². The lowest BCUT2D eigenvalue weighted by Crippen LogP contribution is -2.24. The minimum atomic E-state index is -0.527. The van der Waals surface area contributed by atoms with Crippen molar-refractivity contribution < 1.29 is 14.0 Å². The molecule has 1 aliphatic rings. The smallest absolute Gasteiger partial charge is 0.229 e. The molecular formula is C11H12FN3O2. The highest BCUT2D eigenvalue weighted by Gasteiger charge is 2.27. The molecule has 0 aliphatic carbocycles. The number of nitrogens with one attached hydrogen (secondary N) is 2. The van der Waals surface area contributed by atoms with Gasteiger partial charge in [-0.3, -0.25) is 9.59 Å². The predicted octanol–water partition coefficient (Wildman–Crippen LogP) is 0.482. The van der Waals surface area contributed by atoms with Gasteiger partial charge in [0.25, 0.3) is 0 Å². The van der Waals surface area contributed by atoms with Gasteiger partial charge >= 0.3 is 0 Å². The normalized spacial score (nSPS) is 18.9. The molecule has 1 atom stereocenters. The number of hydrogen-bond donors (Lipinski definition) is 3. The van der Waals surface area contributed by atoms with Crippen molar-refractivity contribution in [1.29, 1.82) is 0 Å². The van der Waals surface area contributed by atoms with Crippen molar-refractivity contribution in [2.75, 3.05) is 17.6 Å². The molecule has 0 spiro atoms. The Kier molecular flexibility index (Phi) is 2.95. The highest BCUT2D eigenvalue weighted by atomic mass is 19.1. The van der Waals surface area contributed by atoms with E-state index in [9.17, 15) is 14.0 Å². The summed E-state index contributed by atoms with van der Waals surface area (Å²) in [6.45, 7) is 0.335. The van der Waals surface area contributed by atoms with E-state index in [0.29, 0.717) is 12.2 Å². The SMILES string of the molecule is Nc1cc(NC(=O)C2CNC(=O)C2)ccc1F. The summed E-state index contributed by atoms with van der Waals surface area (Å²) in [5.41, 5.74) is 5.78. The molecule has 2 amide bonds. The van der Waals surface area contributed by atoms with Crippen LogP contribution >= 0.6 is 0 Å². The van der Waals surface area contributed by atoms with Gasteiger partial charge in [0.05, 0.1) is 11.6 Å². The van der Waals surface area contributed by atoms with Crippen molar-refractivity contribution in [3.8, 4) is 0 Å². The Morgan fingerprint density at radius 1 is 1.53 bits per heavy atom. The number of benzene rings is 1. The van der Waals surface area contributed by atoms with Crippen LogP contribution in [0.4, 0.5) is 15.8 Å². The fourth-order valence-corrected chi connectivity index (χ4v) is 1.66. The first kappa shape index (κ1) is 11.4. The summed E-state index contributed by atoms with van der Waals surface area (Å²) in [4.78, 5) is 22.7. The summed E-state index contributed by atoms with van der Waals surface area (Å²) in [6, 6.07) is 3.95. The van der Waals surface area contributed by atoms with Crippen LogP contribution in [0.2, 0.25) is 0 Å². The highest BCUT2D eigenvalue weighted by Crippen LogP contribution is 2.18. The molecule has 5 nitrogen and oxygen atoms in total. The molecule has 1 aliphatic heterocycles. The number of carbonyl (C=O) groups excluding carboxylic acids is 2. The molecule has 17 heavy (non-hydrogen) atoms. The fraction of sp³-hybridized carbons (Fsp3) is 0.273. The number of anilines is 2. The van der Waals surface area contributed by atoms with E-state index in [-0.39, 0.29) is 29.8 Å². The second-order valence-electron chi connectivity index (χ2n) is 3.93. The van der Waals surface area contributed by atoms with E-state index in [0.717, 1.165) is 0 Å². The van der Waals surface area contributed by atoms with Crippen molar-refractivity contribution in [1.82, 2.24) is 5.32 Å². The van der Waals surface area contributed by atoms with E-state index in [4.69, 9.17) is 5.73 Å². The molecular weight excluding hydrogens is 225 g/mol. The van der Waals surface area contributed by atoms with Gasteiger partial charge < -0.3 is 16.4 Å². The lowest BCUT2D eigenvalue weighted by molar-refractivity contribution is -0.123. The minimum absolute atomic E-state index is 0.0246. The number of rotatable bonds is 2. The van der Waals surface area contributed by atoms with E-state index in [1.54, 1.807) is 0 Å². The third-order valence-electron chi connectivity index (χ3n) is 2.61. The zero-order chi connectivity index (χ0) is 12.4. The molecule has 4 N–H and O–H groups in total. The van der Waals surface area contributed by atoms with Crippen molar-refractivity contribution in [2.24, 2.45) is 5.92 Å². The van der Waals surface area contributed by atoms with E-state index >= 15 is 0 Å². The average molecular weight is 237 g/mol. The summed E-state index contributed by atoms with van der Waals surface area (Å²) in [5, 5.41) is 5.17. The topological polar surface area (TPSA) is 84.2 Å². The molecule has 1 unspecified atom stereocenters. The summed E-state index contributed by atoms with van der Waals surface area (Å²) < 4.78 is 12.9. The molecule has 1 fully saturated rings. The Bertz CT molecular complexity index is 476. The summed E-state index contributed by atoms with van der Waals surface area (Å²) in [7, 11) is 0. The van der Waals surface area contributed by atoms with Gasteiger partial charge in [-0.2, -0.15) is 0 Å². The zero-order valence-corrected chi connectivity index (χ0v) is 9.00. The molecule has 0 aromatic heterocycles. The molecule has 2 rings (SSSR count). The molecule has 0 radical (unpaired) electrons. The van der Waals surface area contributed by atoms with E-state index in [2.05, 4.69) is 10.6 Å². The van der Waals surface area contributed by atoms with Gasteiger partial charge in [0, 0.05) is 18.7 Å². The van der Waals surface area contributed by atoms with Gasteiger partial charge in [0.15, 0.2) is 0 Å². The molecule has 1 saturated heterocycles. The van der Waals surface area contributed by atoms with Crippen molar-refractivity contribution >= 4 is 23.2 Å². The highest BCUT2D eigenvalue weighted by molar-refractivity contribution is 5.97. The zero-order valence-electron chi connectivity index (χ0n) is 9.00. The molecule has 6 heteroatoms. The van der Waals surface area contributed by atoms with E-state index < -0.39 is 5.82 Å². The van der Waals surface area contributed by atoms with Crippen molar-refractivity contribution in [3.05, 3.63) is 24.0 Å². The van der Waals surface area contributed by atoms with Crippen molar-refractivity contribution in [2.45, 2.75) is 6.42 Å². The first-order valence-electron chi connectivity index (χ1n) is 5.19. The molecule has 1 aromatic carbocycles. The number of amides is 2. The fourth-order valence-electron chi connectivity index (χ4n) is 1.66. The van der Waals surface area contributed by atoms with Crippen LogP contribution in [0.5, 0.6) is 0 Å². The van der Waals surface area contributed by atoms with E-state index in [1.165, 1.54) is 18.2 Å². The average Bonchev–Trinajstić information content (AvgIpc) is 2.70. The van der Waals surface area contributed by atoms with Crippen LogP contribution in [0, 0.1) is 11.7 Å². The largest absolute Gasteiger partial charge is 0.396 e. The number of halogens is 1. The quantitative estimate of drug-likeness (QED) is 0.654. The number of hydrogen-bond acceptors (Lipinski definition) is 3. The molecule has 0 saturated carbocycles. The minimum Gasteiger partial charge on any atom is -0.396 e. The number of nitrogens with two attached hydrogens (primary N) is 1. The lowest BCUT2D eigenvalue weighted by atomic mass is 10.1. The van der Waals surface area contributed by atoms with Gasteiger partial charge in [-0.05, 0) is 18.2 Å². The van der Waals surface area contributed by atoms with Crippen LogP contribution in [0.15, 0.2) is 18.2 Å². The lowest BCUT2D eigenvalue weighted by Gasteiger charge is -2.09. The molecule has 0 bridgehead atoms. The van der Waals surface area contributed by atoms with Crippen molar-refractivity contribution in [3.63, 3.8) is 0 Å². The summed E-state index contributed by atoms with van der Waals surface area (Å²) in [6.07, 6.45) is 0.183.